The van der Waals surface area contributed by atoms with Crippen LogP contribution in [-0.4, -0.2) is 30.4 Å². The Morgan fingerprint density at radius 1 is 1.44 bits per heavy atom. The van der Waals surface area contributed by atoms with Crippen LogP contribution in [-0.2, 0) is 4.79 Å². The standard InChI is InChI=1S/C13H26N2O/c1-10(2)12-6-7-15(9-12)13(16)5-4-11(3)8-14/h10-12H,4-9,14H2,1-3H3. The maximum atomic E-state index is 11.9. The molecule has 2 unspecified atom stereocenters. The zero-order chi connectivity index (χ0) is 12.1. The van der Waals surface area contributed by atoms with Crippen LogP contribution in [0.1, 0.15) is 40.0 Å². The van der Waals surface area contributed by atoms with Crippen molar-refractivity contribution in [2.45, 2.75) is 40.0 Å². The molecule has 16 heavy (non-hydrogen) atoms. The fourth-order valence-electron chi connectivity index (χ4n) is 2.20. The fraction of sp³-hybridized carbons (Fsp3) is 0.923. The third-order valence-corrected chi connectivity index (χ3v) is 3.77. The van der Waals surface area contributed by atoms with E-state index in [1.807, 2.05) is 4.90 Å². The van der Waals surface area contributed by atoms with E-state index in [0.717, 1.165) is 19.5 Å². The minimum absolute atomic E-state index is 0.323. The molecule has 94 valence electrons. The van der Waals surface area contributed by atoms with Crippen LogP contribution < -0.4 is 5.73 Å². The Hall–Kier alpha value is -0.570. The summed E-state index contributed by atoms with van der Waals surface area (Å²) in [6, 6.07) is 0. The monoisotopic (exact) mass is 226 g/mol. The van der Waals surface area contributed by atoms with Crippen molar-refractivity contribution < 1.29 is 4.79 Å². The predicted octanol–water partition coefficient (Wildman–Crippen LogP) is 1.87. The van der Waals surface area contributed by atoms with Gasteiger partial charge in [0.25, 0.3) is 0 Å². The third kappa shape index (κ3) is 3.78. The molecule has 1 rings (SSSR count). The molecule has 1 aliphatic rings. The highest BCUT2D eigenvalue weighted by molar-refractivity contribution is 5.76. The van der Waals surface area contributed by atoms with Gasteiger partial charge in [-0.05, 0) is 37.1 Å². The number of nitrogens with zero attached hydrogens (tertiary/aromatic N) is 1. The van der Waals surface area contributed by atoms with Crippen molar-refractivity contribution in [3.8, 4) is 0 Å². The minimum Gasteiger partial charge on any atom is -0.342 e. The van der Waals surface area contributed by atoms with Crippen LogP contribution in [0, 0.1) is 17.8 Å². The Labute approximate surface area is 99.4 Å². The topological polar surface area (TPSA) is 46.3 Å². The molecule has 1 fully saturated rings. The van der Waals surface area contributed by atoms with E-state index in [0.29, 0.717) is 36.6 Å². The second kappa shape index (κ2) is 6.24. The van der Waals surface area contributed by atoms with Crippen LogP contribution in [0.15, 0.2) is 0 Å². The Kier molecular flexibility index (Phi) is 5.26. The first-order chi connectivity index (χ1) is 7.54. The average molecular weight is 226 g/mol. The lowest BCUT2D eigenvalue weighted by Gasteiger charge is -2.19. The number of hydrogen-bond acceptors (Lipinski definition) is 2. The summed E-state index contributed by atoms with van der Waals surface area (Å²) in [5, 5.41) is 0. The predicted molar refractivity (Wildman–Crippen MR) is 67.0 cm³/mol. The zero-order valence-electron chi connectivity index (χ0n) is 10.9. The molecule has 0 aromatic heterocycles. The van der Waals surface area contributed by atoms with Gasteiger partial charge in [-0.1, -0.05) is 20.8 Å². The first-order valence-corrected chi connectivity index (χ1v) is 6.52. The van der Waals surface area contributed by atoms with E-state index in [2.05, 4.69) is 20.8 Å². The molecule has 0 aromatic carbocycles. The summed E-state index contributed by atoms with van der Waals surface area (Å²) in [5.74, 6) is 2.19. The van der Waals surface area contributed by atoms with Crippen molar-refractivity contribution in [1.82, 2.24) is 4.90 Å². The largest absolute Gasteiger partial charge is 0.342 e. The smallest absolute Gasteiger partial charge is 0.222 e. The molecule has 3 heteroatoms. The van der Waals surface area contributed by atoms with Crippen LogP contribution in [0.25, 0.3) is 0 Å². The fourth-order valence-corrected chi connectivity index (χ4v) is 2.20. The number of amides is 1. The normalized spacial score (nSPS) is 22.8. The Morgan fingerprint density at radius 2 is 2.12 bits per heavy atom. The number of likely N-dealkylation sites (tertiary alicyclic amines) is 1. The first kappa shape index (κ1) is 13.5. The van der Waals surface area contributed by atoms with E-state index in [4.69, 9.17) is 5.73 Å². The van der Waals surface area contributed by atoms with Crippen molar-refractivity contribution in [1.29, 1.82) is 0 Å². The molecule has 0 bridgehead atoms. The van der Waals surface area contributed by atoms with Gasteiger partial charge in [-0.3, -0.25) is 4.79 Å². The Morgan fingerprint density at radius 3 is 2.62 bits per heavy atom. The van der Waals surface area contributed by atoms with Gasteiger partial charge in [-0.25, -0.2) is 0 Å². The molecule has 2 atom stereocenters. The van der Waals surface area contributed by atoms with E-state index in [1.165, 1.54) is 6.42 Å². The van der Waals surface area contributed by atoms with Crippen LogP contribution in [0.4, 0.5) is 0 Å². The van der Waals surface area contributed by atoms with Crippen molar-refractivity contribution in [3.05, 3.63) is 0 Å². The second-order valence-corrected chi connectivity index (χ2v) is 5.51. The van der Waals surface area contributed by atoms with Gasteiger partial charge < -0.3 is 10.6 Å². The summed E-state index contributed by atoms with van der Waals surface area (Å²) in [6.07, 6.45) is 2.78. The van der Waals surface area contributed by atoms with Gasteiger partial charge in [0.1, 0.15) is 0 Å². The number of hydrogen-bond donors (Lipinski definition) is 1. The molecule has 1 amide bonds. The summed E-state index contributed by atoms with van der Waals surface area (Å²) < 4.78 is 0. The lowest BCUT2D eigenvalue weighted by Crippen LogP contribution is -2.29. The van der Waals surface area contributed by atoms with Crippen LogP contribution in [0.2, 0.25) is 0 Å². The van der Waals surface area contributed by atoms with Gasteiger partial charge in [0.05, 0.1) is 0 Å². The van der Waals surface area contributed by atoms with Crippen LogP contribution >= 0.6 is 0 Å². The highest BCUT2D eigenvalue weighted by Gasteiger charge is 2.27. The number of carbonyl (C=O) groups excluding carboxylic acids is 1. The van der Waals surface area contributed by atoms with E-state index >= 15 is 0 Å². The first-order valence-electron chi connectivity index (χ1n) is 6.52. The van der Waals surface area contributed by atoms with Crippen molar-refractivity contribution >= 4 is 5.91 Å². The van der Waals surface area contributed by atoms with Gasteiger partial charge in [0.15, 0.2) is 0 Å². The number of rotatable bonds is 5. The lowest BCUT2D eigenvalue weighted by molar-refractivity contribution is -0.130. The van der Waals surface area contributed by atoms with E-state index in [9.17, 15) is 4.79 Å². The third-order valence-electron chi connectivity index (χ3n) is 3.77. The molecule has 1 heterocycles. The average Bonchev–Trinajstić information content (AvgIpc) is 2.74. The van der Waals surface area contributed by atoms with Gasteiger partial charge in [0.2, 0.25) is 5.91 Å². The maximum absolute atomic E-state index is 11.9. The lowest BCUT2D eigenvalue weighted by atomic mass is 9.95. The molecule has 2 N–H and O–H groups in total. The highest BCUT2D eigenvalue weighted by atomic mass is 16.2. The van der Waals surface area contributed by atoms with Crippen molar-refractivity contribution in [2.24, 2.45) is 23.5 Å². The number of carbonyl (C=O) groups is 1. The van der Waals surface area contributed by atoms with Gasteiger partial charge in [0, 0.05) is 19.5 Å². The minimum atomic E-state index is 0.323. The molecule has 1 saturated heterocycles. The zero-order valence-corrected chi connectivity index (χ0v) is 10.9. The molecule has 0 aliphatic carbocycles. The second-order valence-electron chi connectivity index (χ2n) is 5.51. The summed E-state index contributed by atoms with van der Waals surface area (Å²) in [6.45, 7) is 9.20. The SMILES string of the molecule is CC(CN)CCC(=O)N1CCC(C(C)C)C1. The molecular weight excluding hydrogens is 200 g/mol. The van der Waals surface area contributed by atoms with Gasteiger partial charge in [-0.15, -0.1) is 0 Å². The summed E-state index contributed by atoms with van der Waals surface area (Å²) in [7, 11) is 0. The molecular formula is C13H26N2O. The van der Waals surface area contributed by atoms with Crippen LogP contribution in [0.3, 0.4) is 0 Å². The highest BCUT2D eigenvalue weighted by Crippen LogP contribution is 2.24. The number of nitrogens with two attached hydrogens (primary N) is 1. The van der Waals surface area contributed by atoms with E-state index in [-0.39, 0.29) is 0 Å². The van der Waals surface area contributed by atoms with E-state index in [1.54, 1.807) is 0 Å². The summed E-state index contributed by atoms with van der Waals surface area (Å²) in [4.78, 5) is 14.0. The Bertz CT molecular complexity index is 228. The molecule has 0 spiro atoms. The van der Waals surface area contributed by atoms with Crippen molar-refractivity contribution in [3.63, 3.8) is 0 Å². The Balaban J connectivity index is 2.28. The maximum Gasteiger partial charge on any atom is 0.222 e. The van der Waals surface area contributed by atoms with Crippen LogP contribution in [0.5, 0.6) is 0 Å². The summed E-state index contributed by atoms with van der Waals surface area (Å²) >= 11 is 0. The van der Waals surface area contributed by atoms with Gasteiger partial charge >= 0.3 is 0 Å². The molecule has 0 saturated carbocycles. The molecule has 0 aromatic rings. The molecule has 0 radical (unpaired) electrons. The quantitative estimate of drug-likeness (QED) is 0.778. The van der Waals surface area contributed by atoms with Gasteiger partial charge in [-0.2, -0.15) is 0 Å². The molecule has 3 nitrogen and oxygen atoms in total. The van der Waals surface area contributed by atoms with Crippen molar-refractivity contribution in [2.75, 3.05) is 19.6 Å². The molecule has 1 aliphatic heterocycles. The van der Waals surface area contributed by atoms with E-state index < -0.39 is 0 Å². The summed E-state index contributed by atoms with van der Waals surface area (Å²) in [5.41, 5.74) is 5.55.